The molecule has 0 aliphatic rings. The van der Waals surface area contributed by atoms with Gasteiger partial charge >= 0.3 is 0 Å². The highest BCUT2D eigenvalue weighted by atomic mass is 35.5. The number of fused-ring (bicyclic) bond motifs is 1. The number of hydrazone groups is 1. The van der Waals surface area contributed by atoms with Gasteiger partial charge in [-0.1, -0.05) is 71.2 Å². The Kier molecular flexibility index (Phi) is 6.10. The third kappa shape index (κ3) is 4.59. The van der Waals surface area contributed by atoms with Crippen molar-refractivity contribution in [3.05, 3.63) is 105 Å². The van der Waals surface area contributed by atoms with Crippen molar-refractivity contribution in [3.63, 3.8) is 0 Å². The summed E-state index contributed by atoms with van der Waals surface area (Å²) in [6, 6.07) is 21.6. The normalized spacial score (nSPS) is 11.4. The first-order valence-corrected chi connectivity index (χ1v) is 10.3. The summed E-state index contributed by atoms with van der Waals surface area (Å²) in [5, 5.41) is 7.50. The first-order valence-electron chi connectivity index (χ1n) is 9.13. The second-order valence-electron chi connectivity index (χ2n) is 6.65. The number of halogens is 3. The van der Waals surface area contributed by atoms with Crippen LogP contribution in [0.3, 0.4) is 0 Å². The van der Waals surface area contributed by atoms with E-state index in [4.69, 9.17) is 34.8 Å². The molecule has 0 bridgehead atoms. The first kappa shape index (κ1) is 19.8. The maximum absolute atomic E-state index is 6.21. The van der Waals surface area contributed by atoms with Gasteiger partial charge in [-0.3, -0.25) is 0 Å². The maximum atomic E-state index is 6.21. The first-order chi connectivity index (χ1) is 14.1. The zero-order valence-corrected chi connectivity index (χ0v) is 17.7. The number of nitrogens with one attached hydrogen (secondary N) is 1. The summed E-state index contributed by atoms with van der Waals surface area (Å²) < 4.78 is 2.20. The second-order valence-corrected chi connectivity index (χ2v) is 7.90. The number of hydrogen-bond acceptors (Lipinski definition) is 2. The fourth-order valence-corrected chi connectivity index (χ4v) is 4.03. The van der Waals surface area contributed by atoms with Gasteiger partial charge in [-0.15, -0.1) is 0 Å². The minimum atomic E-state index is 0.455. The molecular formula is C23H18Cl3N3. The van der Waals surface area contributed by atoms with E-state index < -0.39 is 0 Å². The van der Waals surface area contributed by atoms with E-state index in [0.29, 0.717) is 16.6 Å². The SMILES string of the molecule is Clc1cccc(Cn2cc(/C=N/NCc3c(Cl)cccc3Cl)c3ccccc32)c1. The van der Waals surface area contributed by atoms with Crippen molar-refractivity contribution < 1.29 is 0 Å². The van der Waals surface area contributed by atoms with E-state index in [0.717, 1.165) is 39.2 Å². The fourth-order valence-electron chi connectivity index (χ4n) is 3.28. The molecule has 6 heteroatoms. The summed E-state index contributed by atoms with van der Waals surface area (Å²) in [6.45, 7) is 1.19. The molecule has 0 atom stereocenters. The van der Waals surface area contributed by atoms with Crippen molar-refractivity contribution in [3.8, 4) is 0 Å². The molecule has 4 aromatic rings. The highest BCUT2D eigenvalue weighted by Crippen LogP contribution is 2.24. The van der Waals surface area contributed by atoms with Crippen LogP contribution in [0.15, 0.2) is 78.0 Å². The number of aromatic nitrogens is 1. The van der Waals surface area contributed by atoms with E-state index in [2.05, 4.69) is 39.5 Å². The lowest BCUT2D eigenvalue weighted by atomic mass is 10.2. The molecule has 146 valence electrons. The topological polar surface area (TPSA) is 29.3 Å². The second kappa shape index (κ2) is 8.91. The number of para-hydroxylation sites is 1. The molecule has 1 heterocycles. The Hall–Kier alpha value is -2.46. The van der Waals surface area contributed by atoms with Crippen LogP contribution in [0.1, 0.15) is 16.7 Å². The molecule has 3 nitrogen and oxygen atoms in total. The molecule has 29 heavy (non-hydrogen) atoms. The smallest absolute Gasteiger partial charge is 0.0609 e. The predicted octanol–water partition coefficient (Wildman–Crippen LogP) is 6.77. The fraction of sp³-hybridized carbons (Fsp3) is 0.0870. The van der Waals surface area contributed by atoms with E-state index in [1.807, 2.05) is 54.7 Å². The summed E-state index contributed by atoms with van der Waals surface area (Å²) >= 11 is 18.5. The molecule has 0 radical (unpaired) electrons. The van der Waals surface area contributed by atoms with Crippen LogP contribution in [0.25, 0.3) is 10.9 Å². The monoisotopic (exact) mass is 441 g/mol. The van der Waals surface area contributed by atoms with Crippen molar-refractivity contribution in [1.82, 2.24) is 9.99 Å². The van der Waals surface area contributed by atoms with Gasteiger partial charge in [0.15, 0.2) is 0 Å². The Balaban J connectivity index is 1.55. The van der Waals surface area contributed by atoms with E-state index >= 15 is 0 Å². The molecule has 0 saturated heterocycles. The quantitative estimate of drug-likeness (QED) is 0.259. The zero-order chi connectivity index (χ0) is 20.2. The molecule has 0 fully saturated rings. The van der Waals surface area contributed by atoms with Gasteiger partial charge in [0.2, 0.25) is 0 Å². The number of nitrogens with zero attached hydrogens (tertiary/aromatic N) is 2. The van der Waals surface area contributed by atoms with Crippen LogP contribution in [0.2, 0.25) is 15.1 Å². The van der Waals surface area contributed by atoms with E-state index in [1.54, 1.807) is 0 Å². The summed E-state index contributed by atoms with van der Waals surface area (Å²) in [5.41, 5.74) is 7.18. The largest absolute Gasteiger partial charge is 0.342 e. The van der Waals surface area contributed by atoms with Crippen LogP contribution in [-0.4, -0.2) is 10.8 Å². The van der Waals surface area contributed by atoms with Gasteiger partial charge < -0.3 is 9.99 Å². The highest BCUT2D eigenvalue weighted by Gasteiger charge is 2.08. The molecule has 0 aliphatic carbocycles. The Bertz CT molecular complexity index is 1160. The Labute approximate surface area is 184 Å². The minimum Gasteiger partial charge on any atom is -0.342 e. The molecule has 0 amide bonds. The standard InChI is InChI=1S/C23H18Cl3N3/c24-18-6-3-5-16(11-18)14-29-15-17(19-7-1-2-10-23(19)29)12-27-28-13-20-21(25)8-4-9-22(20)26/h1-12,15,28H,13-14H2/b27-12+. The van der Waals surface area contributed by atoms with E-state index in [9.17, 15) is 0 Å². The van der Waals surface area contributed by atoms with E-state index in [1.165, 1.54) is 0 Å². The van der Waals surface area contributed by atoms with Crippen molar-refractivity contribution in [1.29, 1.82) is 0 Å². The molecule has 3 aromatic carbocycles. The van der Waals surface area contributed by atoms with Gasteiger partial charge in [0.25, 0.3) is 0 Å². The van der Waals surface area contributed by atoms with Gasteiger partial charge in [0, 0.05) is 49.8 Å². The molecule has 0 saturated carbocycles. The van der Waals surface area contributed by atoms with Crippen molar-refractivity contribution in [2.45, 2.75) is 13.1 Å². The Morgan fingerprint density at radius 2 is 1.66 bits per heavy atom. The predicted molar refractivity (Wildman–Crippen MR) is 123 cm³/mol. The van der Waals surface area contributed by atoms with Crippen LogP contribution >= 0.6 is 34.8 Å². The van der Waals surface area contributed by atoms with Gasteiger partial charge in [0.1, 0.15) is 0 Å². The maximum Gasteiger partial charge on any atom is 0.0609 e. The van der Waals surface area contributed by atoms with Gasteiger partial charge in [-0.2, -0.15) is 5.10 Å². The van der Waals surface area contributed by atoms with Crippen LogP contribution < -0.4 is 5.43 Å². The highest BCUT2D eigenvalue weighted by molar-refractivity contribution is 6.36. The average molecular weight is 443 g/mol. The lowest BCUT2D eigenvalue weighted by Crippen LogP contribution is -2.06. The number of rotatable bonds is 6. The summed E-state index contributed by atoms with van der Waals surface area (Å²) in [4.78, 5) is 0. The average Bonchev–Trinajstić information content (AvgIpc) is 3.05. The lowest BCUT2D eigenvalue weighted by Gasteiger charge is -2.06. The zero-order valence-electron chi connectivity index (χ0n) is 15.4. The molecule has 1 N–H and O–H groups in total. The third-order valence-electron chi connectivity index (χ3n) is 4.67. The summed E-state index contributed by atoms with van der Waals surface area (Å²) in [7, 11) is 0. The number of hydrogen-bond donors (Lipinski definition) is 1. The summed E-state index contributed by atoms with van der Waals surface area (Å²) in [5.74, 6) is 0. The van der Waals surface area contributed by atoms with Gasteiger partial charge in [-0.25, -0.2) is 0 Å². The van der Waals surface area contributed by atoms with Crippen LogP contribution in [0.5, 0.6) is 0 Å². The Morgan fingerprint density at radius 1 is 0.897 bits per heavy atom. The van der Waals surface area contributed by atoms with E-state index in [-0.39, 0.29) is 0 Å². The van der Waals surface area contributed by atoms with Crippen LogP contribution in [-0.2, 0) is 13.1 Å². The lowest BCUT2D eigenvalue weighted by molar-refractivity contribution is 0.748. The van der Waals surface area contributed by atoms with Crippen LogP contribution in [0, 0.1) is 0 Å². The van der Waals surface area contributed by atoms with Crippen molar-refractivity contribution in [2.24, 2.45) is 5.10 Å². The molecule has 0 spiro atoms. The van der Waals surface area contributed by atoms with Crippen LogP contribution in [0.4, 0.5) is 0 Å². The molecule has 0 aliphatic heterocycles. The molecular weight excluding hydrogens is 425 g/mol. The van der Waals surface area contributed by atoms with Gasteiger partial charge in [-0.05, 0) is 35.9 Å². The van der Waals surface area contributed by atoms with Crippen molar-refractivity contribution >= 4 is 51.9 Å². The molecule has 4 rings (SSSR count). The van der Waals surface area contributed by atoms with Gasteiger partial charge in [0.05, 0.1) is 12.8 Å². The Morgan fingerprint density at radius 3 is 2.45 bits per heavy atom. The minimum absolute atomic E-state index is 0.455. The van der Waals surface area contributed by atoms with Crippen molar-refractivity contribution in [2.75, 3.05) is 0 Å². The molecule has 1 aromatic heterocycles. The third-order valence-corrected chi connectivity index (χ3v) is 5.62. The number of benzene rings is 3. The summed E-state index contributed by atoms with van der Waals surface area (Å²) in [6.07, 6.45) is 3.92. The molecule has 0 unspecified atom stereocenters.